The number of carbonyl (C=O) groups is 1. The molecule has 0 fully saturated rings. The van der Waals surface area contributed by atoms with E-state index in [1.807, 2.05) is 31.2 Å². The maximum Gasteiger partial charge on any atom is 0.338 e. The molecule has 0 saturated carbocycles. The average Bonchev–Trinajstić information content (AvgIpc) is 3.11. The van der Waals surface area contributed by atoms with Crippen molar-refractivity contribution >= 4 is 55.2 Å². The average molecular weight is 636 g/mol. The number of esters is 1. The number of hydrogen-bond donors (Lipinski definition) is 1. The van der Waals surface area contributed by atoms with Gasteiger partial charge in [-0.2, -0.15) is 0 Å². The van der Waals surface area contributed by atoms with E-state index in [1.165, 1.54) is 15.9 Å². The van der Waals surface area contributed by atoms with Crippen LogP contribution in [-0.4, -0.2) is 28.4 Å². The van der Waals surface area contributed by atoms with Gasteiger partial charge in [0.25, 0.3) is 5.56 Å². The van der Waals surface area contributed by atoms with Crippen LogP contribution in [0.2, 0.25) is 0 Å². The second kappa shape index (κ2) is 10.7. The number of thiazole rings is 1. The summed E-state index contributed by atoms with van der Waals surface area (Å²) in [6.07, 6.45) is 1.29. The van der Waals surface area contributed by atoms with E-state index in [-0.39, 0.29) is 17.4 Å². The van der Waals surface area contributed by atoms with Crippen LogP contribution in [0.3, 0.4) is 0 Å². The number of fused-ring (bicyclic) bond motifs is 1. The minimum atomic E-state index is -0.729. The molecule has 10 heteroatoms. The molecule has 0 amide bonds. The number of rotatable bonds is 6. The van der Waals surface area contributed by atoms with Crippen molar-refractivity contribution < 1.29 is 19.4 Å². The van der Waals surface area contributed by atoms with Gasteiger partial charge in [0.15, 0.2) is 4.80 Å². The van der Waals surface area contributed by atoms with Crippen molar-refractivity contribution in [3.8, 4) is 11.5 Å². The molecule has 4 rings (SSSR count). The summed E-state index contributed by atoms with van der Waals surface area (Å²) in [6, 6.07) is 10.0. The first-order valence-corrected chi connectivity index (χ1v) is 13.6. The summed E-state index contributed by atoms with van der Waals surface area (Å²) in [7, 11) is 0. The quantitative estimate of drug-likeness (QED) is 0.393. The molecule has 36 heavy (non-hydrogen) atoms. The molecule has 0 radical (unpaired) electrons. The molecule has 0 saturated heterocycles. The Morgan fingerprint density at radius 1 is 1.25 bits per heavy atom. The van der Waals surface area contributed by atoms with Gasteiger partial charge in [0.2, 0.25) is 0 Å². The number of carbonyl (C=O) groups excluding carboxylic acids is 1. The van der Waals surface area contributed by atoms with Crippen molar-refractivity contribution in [2.45, 2.75) is 39.8 Å². The minimum Gasteiger partial charge on any atom is -0.506 e. The highest BCUT2D eigenvalue weighted by Crippen LogP contribution is 2.33. The Morgan fingerprint density at radius 2 is 1.94 bits per heavy atom. The van der Waals surface area contributed by atoms with E-state index < -0.39 is 12.0 Å². The Kier molecular flexibility index (Phi) is 7.87. The van der Waals surface area contributed by atoms with Crippen molar-refractivity contribution in [2.24, 2.45) is 4.99 Å². The first-order valence-electron chi connectivity index (χ1n) is 11.2. The predicted octanol–water partition coefficient (Wildman–Crippen LogP) is 4.82. The van der Waals surface area contributed by atoms with Crippen LogP contribution in [0.5, 0.6) is 11.5 Å². The van der Waals surface area contributed by atoms with E-state index in [9.17, 15) is 14.7 Å². The van der Waals surface area contributed by atoms with Crippen LogP contribution in [0.15, 0.2) is 66.4 Å². The van der Waals surface area contributed by atoms with E-state index in [0.717, 1.165) is 10.0 Å². The Labute approximate surface area is 228 Å². The molecule has 1 aliphatic rings. The zero-order valence-corrected chi connectivity index (χ0v) is 24.0. The van der Waals surface area contributed by atoms with E-state index in [4.69, 9.17) is 9.47 Å². The normalized spacial score (nSPS) is 15.6. The second-order valence-corrected chi connectivity index (χ2v) is 11.1. The van der Waals surface area contributed by atoms with Gasteiger partial charge in [-0.15, -0.1) is 0 Å². The summed E-state index contributed by atoms with van der Waals surface area (Å²) in [4.78, 5) is 32.0. The molecule has 0 spiro atoms. The number of nitrogens with zero attached hydrogens (tertiary/aromatic N) is 2. The highest BCUT2D eigenvalue weighted by atomic mass is 79.9. The van der Waals surface area contributed by atoms with Gasteiger partial charge in [0, 0.05) is 10.0 Å². The summed E-state index contributed by atoms with van der Waals surface area (Å²) in [6.45, 7) is 7.72. The molecule has 0 aliphatic carbocycles. The van der Waals surface area contributed by atoms with Crippen LogP contribution in [0.1, 0.15) is 44.9 Å². The molecule has 0 unspecified atom stereocenters. The molecule has 0 bridgehead atoms. The molecule has 1 N–H and O–H groups in total. The fraction of sp³-hybridized carbons (Fsp3) is 0.269. The highest BCUT2D eigenvalue weighted by Gasteiger charge is 2.33. The monoisotopic (exact) mass is 634 g/mol. The molecule has 7 nitrogen and oxygen atoms in total. The molecule has 2 heterocycles. The summed E-state index contributed by atoms with van der Waals surface area (Å²) >= 11 is 7.94. The van der Waals surface area contributed by atoms with Gasteiger partial charge < -0.3 is 14.6 Å². The highest BCUT2D eigenvalue weighted by molar-refractivity contribution is 9.11. The Bertz CT molecular complexity index is 1540. The lowest BCUT2D eigenvalue weighted by Gasteiger charge is -2.25. The standard InChI is InChI=1S/C26H24Br2N2O5S/c1-5-34-18-8-6-15(7-9-18)22-21(25(33)35-13(2)3)14(4)29-26-30(22)24(32)20(36-26)11-16-10-17(27)12-19(28)23(16)31/h6-13,22,31H,5H2,1-4H3/b20-11+/t22-/m1/s1. The third kappa shape index (κ3) is 5.21. The number of aromatic hydroxyl groups is 1. The van der Waals surface area contributed by atoms with Gasteiger partial charge in [0.05, 0.1) is 39.0 Å². The zero-order valence-electron chi connectivity index (χ0n) is 20.0. The Balaban J connectivity index is 1.94. The van der Waals surface area contributed by atoms with Crippen LogP contribution in [-0.2, 0) is 9.53 Å². The number of phenolic OH excluding ortho intramolecular Hbond substituents is 1. The van der Waals surface area contributed by atoms with E-state index in [1.54, 1.807) is 39.0 Å². The largest absolute Gasteiger partial charge is 0.506 e. The van der Waals surface area contributed by atoms with Gasteiger partial charge in [-0.05, 0) is 79.5 Å². The summed E-state index contributed by atoms with van der Waals surface area (Å²) in [5, 5.41) is 10.5. The maximum absolute atomic E-state index is 13.7. The van der Waals surface area contributed by atoms with E-state index >= 15 is 0 Å². The fourth-order valence-electron chi connectivity index (χ4n) is 3.93. The lowest BCUT2D eigenvalue weighted by Crippen LogP contribution is -2.40. The van der Waals surface area contributed by atoms with Gasteiger partial charge in [-0.1, -0.05) is 39.4 Å². The minimum absolute atomic E-state index is 0.0180. The molecule has 1 atom stereocenters. The van der Waals surface area contributed by atoms with Crippen molar-refractivity contribution in [1.29, 1.82) is 0 Å². The number of phenols is 1. The van der Waals surface area contributed by atoms with Gasteiger partial charge in [0.1, 0.15) is 11.5 Å². The summed E-state index contributed by atoms with van der Waals surface area (Å²) in [5.41, 5.74) is 1.66. The number of hydrogen-bond acceptors (Lipinski definition) is 7. The van der Waals surface area contributed by atoms with E-state index in [2.05, 4.69) is 36.9 Å². The fourth-order valence-corrected chi connectivity index (χ4v) is 6.22. The molecule has 188 valence electrons. The topological polar surface area (TPSA) is 90.1 Å². The number of allylic oxidation sites excluding steroid dienone is 1. The van der Waals surface area contributed by atoms with E-state index in [0.29, 0.717) is 43.0 Å². The van der Waals surface area contributed by atoms with Crippen LogP contribution in [0.25, 0.3) is 6.08 Å². The van der Waals surface area contributed by atoms with Crippen LogP contribution < -0.4 is 19.6 Å². The summed E-state index contributed by atoms with van der Waals surface area (Å²) < 4.78 is 14.2. The molecular formula is C26H24Br2N2O5S. The molecule has 2 aromatic carbocycles. The lowest BCUT2D eigenvalue weighted by atomic mass is 9.96. The zero-order chi connectivity index (χ0) is 26.1. The summed E-state index contributed by atoms with van der Waals surface area (Å²) in [5.74, 6) is 0.189. The van der Waals surface area contributed by atoms with Crippen LogP contribution in [0, 0.1) is 0 Å². The molecular weight excluding hydrogens is 612 g/mol. The third-order valence-electron chi connectivity index (χ3n) is 5.44. The lowest BCUT2D eigenvalue weighted by molar-refractivity contribution is -0.143. The van der Waals surface area contributed by atoms with Crippen LogP contribution in [0.4, 0.5) is 0 Å². The predicted molar refractivity (Wildman–Crippen MR) is 146 cm³/mol. The number of ether oxygens (including phenoxy) is 2. The SMILES string of the molecule is CCOc1ccc([C@@H]2C(C(=O)OC(C)C)=C(C)N=c3s/c(=C/c4cc(Br)cc(Br)c4O)c(=O)n32)cc1. The van der Waals surface area contributed by atoms with Gasteiger partial charge >= 0.3 is 5.97 Å². The van der Waals surface area contributed by atoms with Gasteiger partial charge in [-0.25, -0.2) is 9.79 Å². The third-order valence-corrected chi connectivity index (χ3v) is 7.48. The van der Waals surface area contributed by atoms with Crippen molar-refractivity contribution in [3.63, 3.8) is 0 Å². The first kappa shape index (κ1) is 26.4. The number of halogens is 2. The smallest absolute Gasteiger partial charge is 0.338 e. The number of aromatic nitrogens is 1. The second-order valence-electron chi connectivity index (χ2n) is 8.36. The van der Waals surface area contributed by atoms with Crippen molar-refractivity contribution in [3.05, 3.63) is 87.4 Å². The Morgan fingerprint density at radius 3 is 2.58 bits per heavy atom. The Hall–Kier alpha value is -2.69. The molecule has 1 aliphatic heterocycles. The van der Waals surface area contributed by atoms with Gasteiger partial charge in [-0.3, -0.25) is 9.36 Å². The van der Waals surface area contributed by atoms with Crippen LogP contribution >= 0.6 is 43.2 Å². The van der Waals surface area contributed by atoms with Crippen molar-refractivity contribution in [2.75, 3.05) is 6.61 Å². The molecule has 1 aromatic heterocycles. The maximum atomic E-state index is 13.7. The first-order chi connectivity index (χ1) is 17.1. The molecule has 3 aromatic rings. The number of benzene rings is 2. The van der Waals surface area contributed by atoms with Crippen molar-refractivity contribution in [1.82, 2.24) is 4.57 Å².